The van der Waals surface area contributed by atoms with Crippen molar-refractivity contribution in [3.8, 4) is 0 Å². The van der Waals surface area contributed by atoms with Gasteiger partial charge in [-0.2, -0.15) is 8.42 Å². The van der Waals surface area contributed by atoms with E-state index in [0.717, 1.165) is 13.0 Å². The van der Waals surface area contributed by atoms with Gasteiger partial charge in [0.25, 0.3) is 10.1 Å². The summed E-state index contributed by atoms with van der Waals surface area (Å²) < 4.78 is 88.8. The van der Waals surface area contributed by atoms with E-state index in [1.165, 1.54) is 25.0 Å². The Morgan fingerprint density at radius 3 is 0.938 bits per heavy atom. The van der Waals surface area contributed by atoms with E-state index >= 15 is 0 Å². The molecule has 48 heavy (non-hydrogen) atoms. The standard InChI is InChI=1S/C33H60O14S/c1-2-3-7-10-36-11-12-37-13-14-38-15-16-39-17-18-40-19-20-41-21-22-42-23-24-43-25-26-44-27-28-45-29-30-46-31-32-47-48(34,35)33-8-5-4-6-9-33/h4-6,8-9H,2-3,7,10-32H2,1H3. The molecule has 0 N–H and O–H groups in total. The molecule has 282 valence electrons. The molecule has 1 rings (SSSR count). The van der Waals surface area contributed by atoms with Crippen molar-refractivity contribution in [3.05, 3.63) is 30.3 Å². The first kappa shape index (κ1) is 44.7. The first-order valence-corrected chi connectivity index (χ1v) is 18.4. The van der Waals surface area contributed by atoms with Gasteiger partial charge in [-0.15, -0.1) is 0 Å². The molecular weight excluding hydrogens is 652 g/mol. The zero-order chi connectivity index (χ0) is 34.5. The molecule has 0 saturated carbocycles. The van der Waals surface area contributed by atoms with Crippen LogP contribution in [0.25, 0.3) is 0 Å². The minimum atomic E-state index is -3.76. The Morgan fingerprint density at radius 2 is 0.646 bits per heavy atom. The molecule has 0 aliphatic rings. The van der Waals surface area contributed by atoms with Gasteiger partial charge >= 0.3 is 0 Å². The van der Waals surface area contributed by atoms with Gasteiger partial charge in [-0.05, 0) is 18.6 Å². The number of benzene rings is 1. The van der Waals surface area contributed by atoms with Crippen molar-refractivity contribution in [3.63, 3.8) is 0 Å². The third-order valence-electron chi connectivity index (χ3n) is 6.11. The smallest absolute Gasteiger partial charge is 0.297 e. The molecule has 0 aliphatic carbocycles. The molecule has 0 amide bonds. The van der Waals surface area contributed by atoms with Crippen molar-refractivity contribution in [2.24, 2.45) is 0 Å². The summed E-state index contributed by atoms with van der Waals surface area (Å²) >= 11 is 0. The average Bonchev–Trinajstić information content (AvgIpc) is 3.10. The normalized spacial score (nSPS) is 11.9. The molecule has 1 aromatic rings. The second-order valence-corrected chi connectivity index (χ2v) is 11.6. The SMILES string of the molecule is CCCCCOCCOCCOCCOCCOCCOCCOCCOCCOCCOCCOCCOS(=O)(=O)c1ccccc1. The Labute approximate surface area is 287 Å². The van der Waals surface area contributed by atoms with Crippen LogP contribution < -0.4 is 0 Å². The van der Waals surface area contributed by atoms with Crippen LogP contribution in [0.2, 0.25) is 0 Å². The summed E-state index contributed by atoms with van der Waals surface area (Å²) in [5.41, 5.74) is 0. The average molecular weight is 713 g/mol. The second-order valence-electron chi connectivity index (χ2n) is 10.0. The molecule has 0 aliphatic heterocycles. The van der Waals surface area contributed by atoms with Crippen LogP contribution in [0.1, 0.15) is 26.2 Å². The number of rotatable bonds is 39. The maximum atomic E-state index is 12.0. The van der Waals surface area contributed by atoms with Crippen LogP contribution in [0.5, 0.6) is 0 Å². The molecule has 0 aromatic heterocycles. The molecule has 0 spiro atoms. The van der Waals surface area contributed by atoms with E-state index in [1.807, 2.05) is 0 Å². The summed E-state index contributed by atoms with van der Waals surface area (Å²) in [4.78, 5) is 0.121. The van der Waals surface area contributed by atoms with Crippen molar-refractivity contribution in [2.75, 3.05) is 152 Å². The van der Waals surface area contributed by atoms with Crippen LogP contribution in [0.15, 0.2) is 35.2 Å². The summed E-state index contributed by atoms with van der Waals surface area (Å²) in [6.45, 7) is 12.9. The zero-order valence-electron chi connectivity index (χ0n) is 28.9. The van der Waals surface area contributed by atoms with Gasteiger partial charge in [0.05, 0.1) is 150 Å². The van der Waals surface area contributed by atoms with E-state index < -0.39 is 10.1 Å². The third-order valence-corrected chi connectivity index (χ3v) is 7.44. The van der Waals surface area contributed by atoms with Crippen molar-refractivity contribution in [2.45, 2.75) is 31.1 Å². The lowest BCUT2D eigenvalue weighted by molar-refractivity contribution is -0.0277. The molecule has 0 unspecified atom stereocenters. The monoisotopic (exact) mass is 712 g/mol. The first-order valence-electron chi connectivity index (χ1n) is 17.0. The Morgan fingerprint density at radius 1 is 0.375 bits per heavy atom. The van der Waals surface area contributed by atoms with Gasteiger partial charge < -0.3 is 52.1 Å². The molecular formula is C33H60O14S. The molecule has 0 radical (unpaired) electrons. The second kappa shape index (κ2) is 35.5. The van der Waals surface area contributed by atoms with Gasteiger partial charge in [-0.25, -0.2) is 0 Å². The fourth-order valence-corrected chi connectivity index (χ4v) is 4.53. The summed E-state index contributed by atoms with van der Waals surface area (Å²) in [7, 11) is -3.76. The predicted octanol–water partition coefficient (Wildman–Crippen LogP) is 2.76. The van der Waals surface area contributed by atoms with Gasteiger partial charge in [0.2, 0.25) is 0 Å². The Kier molecular flexibility index (Phi) is 33.1. The largest absolute Gasteiger partial charge is 0.379 e. The van der Waals surface area contributed by atoms with E-state index in [0.29, 0.717) is 132 Å². The van der Waals surface area contributed by atoms with Crippen molar-refractivity contribution < 1.29 is 64.7 Å². The van der Waals surface area contributed by atoms with Gasteiger partial charge in [0, 0.05) is 6.61 Å². The minimum absolute atomic E-state index is 0.0577. The number of hydrogen-bond donors (Lipinski definition) is 0. The van der Waals surface area contributed by atoms with Gasteiger partial charge in [-0.1, -0.05) is 38.0 Å². The molecule has 15 heteroatoms. The van der Waals surface area contributed by atoms with Crippen LogP contribution in [0, 0.1) is 0 Å². The highest BCUT2D eigenvalue weighted by molar-refractivity contribution is 7.86. The predicted molar refractivity (Wildman–Crippen MR) is 178 cm³/mol. The topological polar surface area (TPSA) is 145 Å². The van der Waals surface area contributed by atoms with E-state index in [1.54, 1.807) is 18.2 Å². The lowest BCUT2D eigenvalue weighted by Crippen LogP contribution is -2.16. The van der Waals surface area contributed by atoms with Crippen molar-refractivity contribution >= 4 is 10.1 Å². The van der Waals surface area contributed by atoms with Gasteiger partial charge in [-0.3, -0.25) is 4.18 Å². The van der Waals surface area contributed by atoms with Crippen LogP contribution in [0.4, 0.5) is 0 Å². The Hall–Kier alpha value is -1.31. The summed E-state index contributed by atoms with van der Waals surface area (Å²) in [6.07, 6.45) is 3.52. The lowest BCUT2D eigenvalue weighted by Gasteiger charge is -2.09. The van der Waals surface area contributed by atoms with E-state index in [4.69, 9.17) is 56.3 Å². The third kappa shape index (κ3) is 30.7. The quantitative estimate of drug-likeness (QED) is 0.0729. The molecule has 0 atom stereocenters. The number of unbranched alkanes of at least 4 members (excludes halogenated alkanes) is 2. The number of ether oxygens (including phenoxy) is 11. The molecule has 14 nitrogen and oxygen atoms in total. The number of hydrogen-bond acceptors (Lipinski definition) is 14. The lowest BCUT2D eigenvalue weighted by atomic mass is 10.3. The maximum absolute atomic E-state index is 12.0. The van der Waals surface area contributed by atoms with E-state index in [2.05, 4.69) is 6.92 Å². The van der Waals surface area contributed by atoms with E-state index in [9.17, 15) is 8.42 Å². The molecule has 0 fully saturated rings. The molecule has 0 heterocycles. The summed E-state index contributed by atoms with van der Waals surface area (Å²) in [5, 5.41) is 0. The molecule has 0 saturated heterocycles. The van der Waals surface area contributed by atoms with E-state index in [-0.39, 0.29) is 18.1 Å². The van der Waals surface area contributed by atoms with Crippen molar-refractivity contribution in [1.82, 2.24) is 0 Å². The Bertz CT molecular complexity index is 878. The van der Waals surface area contributed by atoms with Crippen LogP contribution in [-0.4, -0.2) is 160 Å². The van der Waals surface area contributed by atoms with Crippen LogP contribution in [0.3, 0.4) is 0 Å². The van der Waals surface area contributed by atoms with Crippen molar-refractivity contribution in [1.29, 1.82) is 0 Å². The first-order chi connectivity index (χ1) is 23.7. The Balaban J connectivity index is 1.65. The van der Waals surface area contributed by atoms with Gasteiger partial charge in [0.15, 0.2) is 0 Å². The fraction of sp³-hybridized carbons (Fsp3) is 0.818. The molecule has 1 aromatic carbocycles. The maximum Gasteiger partial charge on any atom is 0.297 e. The highest BCUT2D eigenvalue weighted by atomic mass is 32.2. The minimum Gasteiger partial charge on any atom is -0.379 e. The van der Waals surface area contributed by atoms with Crippen LogP contribution in [-0.2, 0) is 66.4 Å². The highest BCUT2D eigenvalue weighted by Gasteiger charge is 2.13. The summed E-state index contributed by atoms with van der Waals surface area (Å²) in [6, 6.07) is 7.98. The van der Waals surface area contributed by atoms with Gasteiger partial charge in [0.1, 0.15) is 0 Å². The highest BCUT2D eigenvalue weighted by Crippen LogP contribution is 2.10. The fourth-order valence-electron chi connectivity index (χ4n) is 3.61. The summed E-state index contributed by atoms with van der Waals surface area (Å²) in [5.74, 6) is 0. The zero-order valence-corrected chi connectivity index (χ0v) is 29.7. The molecule has 0 bridgehead atoms. The van der Waals surface area contributed by atoms with Crippen LogP contribution >= 0.6 is 0 Å².